The molecular formula is C22H27ClN4O3. The third-order valence-electron chi connectivity index (χ3n) is 5.10. The molecule has 1 heterocycles. The number of rotatable bonds is 6. The molecule has 0 bridgehead atoms. The molecule has 1 aliphatic heterocycles. The first-order valence-electron chi connectivity index (χ1n) is 9.93. The Hall–Kier alpha value is -2.93. The maximum absolute atomic E-state index is 12.5. The molecule has 1 fully saturated rings. The number of amides is 3. The number of nitrogens with zero attached hydrogens (tertiary/aromatic N) is 2. The number of carbonyl (C=O) groups is 2. The summed E-state index contributed by atoms with van der Waals surface area (Å²) in [7, 11) is 1.61. The van der Waals surface area contributed by atoms with Crippen molar-refractivity contribution >= 4 is 29.2 Å². The van der Waals surface area contributed by atoms with E-state index in [9.17, 15) is 9.59 Å². The van der Waals surface area contributed by atoms with Gasteiger partial charge in [-0.3, -0.25) is 4.79 Å². The Kier molecular flexibility index (Phi) is 7.41. The van der Waals surface area contributed by atoms with E-state index in [2.05, 4.69) is 15.5 Å². The molecule has 2 aromatic carbocycles. The van der Waals surface area contributed by atoms with Gasteiger partial charge in [0, 0.05) is 43.4 Å². The van der Waals surface area contributed by atoms with E-state index >= 15 is 0 Å². The SMILES string of the molecule is COc1ccc(CNC(=O)[C@@H](C)NC(=O)N2CCN(c3cccc(Cl)c3)CC2)cc1. The number of urea groups is 1. The van der Waals surface area contributed by atoms with Crippen molar-refractivity contribution in [2.45, 2.75) is 19.5 Å². The second kappa shape index (κ2) is 10.2. The van der Waals surface area contributed by atoms with E-state index in [1.165, 1.54) is 0 Å². The minimum absolute atomic E-state index is 0.225. The van der Waals surface area contributed by atoms with Crippen molar-refractivity contribution in [3.8, 4) is 5.75 Å². The van der Waals surface area contributed by atoms with Gasteiger partial charge in [0.05, 0.1) is 7.11 Å². The van der Waals surface area contributed by atoms with Gasteiger partial charge >= 0.3 is 6.03 Å². The van der Waals surface area contributed by atoms with Crippen LogP contribution in [0.15, 0.2) is 48.5 Å². The fourth-order valence-electron chi connectivity index (χ4n) is 3.27. The molecule has 7 nitrogen and oxygen atoms in total. The van der Waals surface area contributed by atoms with Gasteiger partial charge in [-0.2, -0.15) is 0 Å². The van der Waals surface area contributed by atoms with Crippen LogP contribution in [-0.4, -0.2) is 56.2 Å². The zero-order valence-electron chi connectivity index (χ0n) is 17.2. The van der Waals surface area contributed by atoms with E-state index < -0.39 is 6.04 Å². The number of ether oxygens (including phenoxy) is 1. The Morgan fingerprint density at radius 3 is 2.43 bits per heavy atom. The summed E-state index contributed by atoms with van der Waals surface area (Å²) in [6, 6.07) is 14.3. The van der Waals surface area contributed by atoms with Crippen molar-refractivity contribution in [1.29, 1.82) is 0 Å². The highest BCUT2D eigenvalue weighted by atomic mass is 35.5. The van der Waals surface area contributed by atoms with E-state index in [1.54, 1.807) is 18.9 Å². The average Bonchev–Trinajstić information content (AvgIpc) is 2.77. The summed E-state index contributed by atoms with van der Waals surface area (Å²) in [6.07, 6.45) is 0. The number of halogens is 1. The lowest BCUT2D eigenvalue weighted by molar-refractivity contribution is -0.122. The minimum Gasteiger partial charge on any atom is -0.497 e. The first-order valence-corrected chi connectivity index (χ1v) is 10.3. The summed E-state index contributed by atoms with van der Waals surface area (Å²) in [6.45, 7) is 4.67. The number of methoxy groups -OCH3 is 1. The van der Waals surface area contributed by atoms with Gasteiger partial charge in [-0.25, -0.2) is 4.79 Å². The summed E-state index contributed by atoms with van der Waals surface area (Å²) in [5, 5.41) is 6.32. The van der Waals surface area contributed by atoms with Crippen LogP contribution in [0.2, 0.25) is 5.02 Å². The molecule has 8 heteroatoms. The van der Waals surface area contributed by atoms with Crippen LogP contribution in [0.25, 0.3) is 0 Å². The van der Waals surface area contributed by atoms with Crippen molar-refractivity contribution in [1.82, 2.24) is 15.5 Å². The van der Waals surface area contributed by atoms with E-state index in [4.69, 9.17) is 16.3 Å². The Bertz CT molecular complexity index is 867. The molecule has 1 atom stereocenters. The molecule has 1 saturated heterocycles. The fraction of sp³-hybridized carbons (Fsp3) is 0.364. The smallest absolute Gasteiger partial charge is 0.318 e. The van der Waals surface area contributed by atoms with Crippen LogP contribution in [-0.2, 0) is 11.3 Å². The van der Waals surface area contributed by atoms with Crippen LogP contribution in [0, 0.1) is 0 Å². The molecule has 2 N–H and O–H groups in total. The lowest BCUT2D eigenvalue weighted by Gasteiger charge is -2.36. The summed E-state index contributed by atoms with van der Waals surface area (Å²) in [5.74, 6) is 0.540. The third-order valence-corrected chi connectivity index (χ3v) is 5.33. The largest absolute Gasteiger partial charge is 0.497 e. The van der Waals surface area contributed by atoms with Crippen molar-refractivity contribution in [3.63, 3.8) is 0 Å². The third kappa shape index (κ3) is 5.79. The monoisotopic (exact) mass is 430 g/mol. The second-order valence-electron chi connectivity index (χ2n) is 7.19. The first-order chi connectivity index (χ1) is 14.5. The molecule has 3 amide bonds. The van der Waals surface area contributed by atoms with Crippen LogP contribution in [0.5, 0.6) is 5.75 Å². The quantitative estimate of drug-likeness (QED) is 0.739. The molecule has 160 valence electrons. The average molecular weight is 431 g/mol. The maximum atomic E-state index is 12.5. The summed E-state index contributed by atoms with van der Waals surface area (Å²) >= 11 is 6.06. The van der Waals surface area contributed by atoms with Crippen molar-refractivity contribution < 1.29 is 14.3 Å². The maximum Gasteiger partial charge on any atom is 0.318 e. The van der Waals surface area contributed by atoms with E-state index in [0.717, 1.165) is 17.0 Å². The lowest BCUT2D eigenvalue weighted by Crippen LogP contribution is -2.55. The summed E-state index contributed by atoms with van der Waals surface area (Å²) in [4.78, 5) is 28.8. The molecule has 1 aliphatic rings. The molecule has 0 radical (unpaired) electrons. The van der Waals surface area contributed by atoms with Crippen molar-refractivity contribution in [2.24, 2.45) is 0 Å². The number of anilines is 1. The fourth-order valence-corrected chi connectivity index (χ4v) is 3.45. The van der Waals surface area contributed by atoms with E-state index in [1.807, 2.05) is 48.5 Å². The molecule has 0 unspecified atom stereocenters. The van der Waals surface area contributed by atoms with Crippen LogP contribution in [0.1, 0.15) is 12.5 Å². The highest BCUT2D eigenvalue weighted by molar-refractivity contribution is 6.30. The summed E-state index contributed by atoms with van der Waals surface area (Å²) in [5.41, 5.74) is 2.01. The first kappa shape index (κ1) is 21.8. The number of piperazine rings is 1. The zero-order chi connectivity index (χ0) is 21.5. The second-order valence-corrected chi connectivity index (χ2v) is 7.63. The Morgan fingerprint density at radius 1 is 1.10 bits per heavy atom. The normalized spacial score (nSPS) is 14.8. The van der Waals surface area contributed by atoms with Gasteiger partial charge in [-0.1, -0.05) is 29.8 Å². The predicted octanol–water partition coefficient (Wildman–Crippen LogP) is 2.89. The van der Waals surface area contributed by atoms with Crippen molar-refractivity contribution in [3.05, 3.63) is 59.1 Å². The van der Waals surface area contributed by atoms with E-state index in [-0.39, 0.29) is 11.9 Å². The molecule has 3 rings (SSSR count). The minimum atomic E-state index is -0.623. The number of carbonyl (C=O) groups excluding carboxylic acids is 2. The molecule has 0 aromatic heterocycles. The van der Waals surface area contributed by atoms with Gasteiger partial charge < -0.3 is 25.2 Å². The number of hydrogen-bond donors (Lipinski definition) is 2. The Labute approximate surface area is 181 Å². The Morgan fingerprint density at radius 2 is 1.80 bits per heavy atom. The standard InChI is InChI=1S/C22H27ClN4O3/c1-16(21(28)24-15-17-6-8-20(30-2)9-7-17)25-22(29)27-12-10-26(11-13-27)19-5-3-4-18(23)14-19/h3-9,14,16H,10-13,15H2,1-2H3,(H,24,28)(H,25,29)/t16-/m1/s1. The van der Waals surface area contributed by atoms with Gasteiger partial charge in [0.15, 0.2) is 0 Å². The number of nitrogens with one attached hydrogen (secondary N) is 2. The number of hydrogen-bond acceptors (Lipinski definition) is 4. The van der Waals surface area contributed by atoms with Crippen LogP contribution < -0.4 is 20.3 Å². The Balaban J connectivity index is 1.43. The van der Waals surface area contributed by atoms with Gasteiger partial charge in [0.2, 0.25) is 5.91 Å². The molecule has 0 aliphatic carbocycles. The van der Waals surface area contributed by atoms with Gasteiger partial charge in [-0.05, 0) is 42.8 Å². The molecule has 0 saturated carbocycles. The van der Waals surface area contributed by atoms with Crippen LogP contribution in [0.3, 0.4) is 0 Å². The zero-order valence-corrected chi connectivity index (χ0v) is 18.0. The van der Waals surface area contributed by atoms with Gasteiger partial charge in [-0.15, -0.1) is 0 Å². The predicted molar refractivity (Wildman–Crippen MR) is 118 cm³/mol. The molecule has 0 spiro atoms. The van der Waals surface area contributed by atoms with E-state index in [0.29, 0.717) is 37.7 Å². The lowest BCUT2D eigenvalue weighted by atomic mass is 10.2. The van der Waals surface area contributed by atoms with Crippen molar-refractivity contribution in [2.75, 3.05) is 38.2 Å². The highest BCUT2D eigenvalue weighted by Gasteiger charge is 2.24. The molecular weight excluding hydrogens is 404 g/mol. The van der Waals surface area contributed by atoms with Gasteiger partial charge in [0.25, 0.3) is 0 Å². The topological polar surface area (TPSA) is 73.9 Å². The van der Waals surface area contributed by atoms with Crippen LogP contribution in [0.4, 0.5) is 10.5 Å². The van der Waals surface area contributed by atoms with Crippen LogP contribution >= 0.6 is 11.6 Å². The van der Waals surface area contributed by atoms with Gasteiger partial charge in [0.1, 0.15) is 11.8 Å². The summed E-state index contributed by atoms with van der Waals surface area (Å²) < 4.78 is 5.12. The number of benzene rings is 2. The molecule has 30 heavy (non-hydrogen) atoms. The highest BCUT2D eigenvalue weighted by Crippen LogP contribution is 2.20. The molecule has 2 aromatic rings.